The molecule has 31 heavy (non-hydrogen) atoms. The second kappa shape index (κ2) is 9.11. The molecule has 2 aromatic carbocycles. The average Bonchev–Trinajstić information content (AvgIpc) is 2.75. The highest BCUT2D eigenvalue weighted by molar-refractivity contribution is 7.97. The van der Waals surface area contributed by atoms with Gasteiger partial charge in [-0.15, -0.1) is 0 Å². The Balaban J connectivity index is 1.85. The van der Waals surface area contributed by atoms with Crippen LogP contribution in [0.4, 0.5) is 11.4 Å². The van der Waals surface area contributed by atoms with E-state index >= 15 is 0 Å². The number of rotatable bonds is 6. The number of fused-ring (bicyclic) bond motifs is 1. The zero-order chi connectivity index (χ0) is 22.0. The predicted octanol–water partition coefficient (Wildman–Crippen LogP) is 4.37. The normalized spacial score (nSPS) is 14.5. The Morgan fingerprint density at radius 2 is 1.90 bits per heavy atom. The van der Waals surface area contributed by atoms with Gasteiger partial charge in [-0.1, -0.05) is 17.7 Å². The lowest BCUT2D eigenvalue weighted by Crippen LogP contribution is -2.31. The van der Waals surface area contributed by atoms with Gasteiger partial charge in [-0.3, -0.25) is 4.98 Å². The molecule has 1 aromatic heterocycles. The predicted molar refractivity (Wildman–Crippen MR) is 119 cm³/mol. The molecule has 0 spiro atoms. The summed E-state index contributed by atoms with van der Waals surface area (Å²) in [5, 5.41) is 23.5. The molecule has 0 radical (unpaired) electrons. The van der Waals surface area contributed by atoms with Crippen LogP contribution in [-0.2, 0) is 4.74 Å². The van der Waals surface area contributed by atoms with Gasteiger partial charge in [0.1, 0.15) is 0 Å². The van der Waals surface area contributed by atoms with Crippen molar-refractivity contribution in [2.45, 2.75) is 4.90 Å². The molecule has 3 N–H and O–H groups in total. The van der Waals surface area contributed by atoms with Crippen molar-refractivity contribution in [3.05, 3.63) is 58.7 Å². The number of carbonyl (C=O) groups is 2. The zero-order valence-electron chi connectivity index (χ0n) is 16.2. The Kier molecular flexibility index (Phi) is 6.28. The molecule has 0 saturated carbocycles. The van der Waals surface area contributed by atoms with Crippen molar-refractivity contribution in [1.82, 2.24) is 9.29 Å². The number of nitrogens with zero attached hydrogens (tertiary/aromatic N) is 2. The largest absolute Gasteiger partial charge is 0.478 e. The smallest absolute Gasteiger partial charge is 0.338 e. The van der Waals surface area contributed by atoms with Gasteiger partial charge in [-0.2, -0.15) is 0 Å². The number of aromatic carboxylic acids is 2. The van der Waals surface area contributed by atoms with Gasteiger partial charge in [0.25, 0.3) is 0 Å². The quantitative estimate of drug-likeness (QED) is 0.462. The summed E-state index contributed by atoms with van der Waals surface area (Å²) in [6.07, 6.45) is 1.71. The second-order valence-electron chi connectivity index (χ2n) is 6.76. The Hall–Kier alpha value is -2.85. The number of carboxylic acids is 2. The molecule has 8 nitrogen and oxygen atoms in total. The Morgan fingerprint density at radius 1 is 1.13 bits per heavy atom. The van der Waals surface area contributed by atoms with Crippen molar-refractivity contribution in [2.75, 3.05) is 31.6 Å². The molecular weight excluding hydrogens is 442 g/mol. The van der Waals surface area contributed by atoms with Crippen molar-refractivity contribution in [2.24, 2.45) is 0 Å². The van der Waals surface area contributed by atoms with Crippen LogP contribution in [0.15, 0.2) is 47.5 Å². The van der Waals surface area contributed by atoms with Crippen LogP contribution >= 0.6 is 23.5 Å². The third-order valence-corrected chi connectivity index (χ3v) is 6.13. The molecule has 2 heterocycles. The molecule has 3 aromatic rings. The number of pyridine rings is 1. The summed E-state index contributed by atoms with van der Waals surface area (Å²) in [6.45, 7) is 2.69. The highest BCUT2D eigenvalue weighted by atomic mass is 35.5. The van der Waals surface area contributed by atoms with Crippen molar-refractivity contribution in [1.29, 1.82) is 0 Å². The molecule has 1 fully saturated rings. The van der Waals surface area contributed by atoms with Gasteiger partial charge in [0.2, 0.25) is 0 Å². The minimum atomic E-state index is -1.33. The van der Waals surface area contributed by atoms with E-state index in [9.17, 15) is 19.8 Å². The number of benzene rings is 2. The van der Waals surface area contributed by atoms with E-state index in [-0.39, 0.29) is 16.8 Å². The fourth-order valence-electron chi connectivity index (χ4n) is 3.32. The van der Waals surface area contributed by atoms with E-state index in [0.717, 1.165) is 18.0 Å². The Morgan fingerprint density at radius 3 is 2.61 bits per heavy atom. The van der Waals surface area contributed by atoms with E-state index < -0.39 is 11.9 Å². The first-order valence-corrected chi connectivity index (χ1v) is 10.5. The monoisotopic (exact) mass is 459 g/mol. The molecular formula is C21H18ClN3O5S. The topological polar surface area (TPSA) is 112 Å². The van der Waals surface area contributed by atoms with E-state index in [1.54, 1.807) is 24.4 Å². The first-order chi connectivity index (χ1) is 14.9. The summed E-state index contributed by atoms with van der Waals surface area (Å²) in [5.41, 5.74) is 0.836. The van der Waals surface area contributed by atoms with E-state index in [1.165, 1.54) is 30.1 Å². The number of carboxylic acid groups (broad SMARTS) is 2. The van der Waals surface area contributed by atoms with E-state index in [0.29, 0.717) is 34.8 Å². The molecule has 0 atom stereocenters. The molecule has 1 aliphatic heterocycles. The van der Waals surface area contributed by atoms with Crippen LogP contribution < -0.4 is 5.32 Å². The summed E-state index contributed by atoms with van der Waals surface area (Å²) in [7, 11) is 0. The first-order valence-electron chi connectivity index (χ1n) is 9.39. The maximum absolute atomic E-state index is 11.9. The van der Waals surface area contributed by atoms with Gasteiger partial charge in [0, 0.05) is 29.7 Å². The van der Waals surface area contributed by atoms with Gasteiger partial charge in [-0.05, 0) is 42.3 Å². The fraction of sp³-hybridized carbons (Fsp3) is 0.190. The first kappa shape index (κ1) is 21.4. The minimum absolute atomic E-state index is 0.170. The maximum Gasteiger partial charge on any atom is 0.338 e. The molecule has 4 rings (SSSR count). The van der Waals surface area contributed by atoms with Crippen molar-refractivity contribution in [3.63, 3.8) is 0 Å². The number of aromatic nitrogens is 1. The number of ether oxygens (including phenoxy) is 1. The van der Waals surface area contributed by atoms with Crippen LogP contribution in [0.1, 0.15) is 20.7 Å². The van der Waals surface area contributed by atoms with Gasteiger partial charge in [-0.25, -0.2) is 13.9 Å². The van der Waals surface area contributed by atoms with Crippen LogP contribution in [0.3, 0.4) is 0 Å². The number of morpholine rings is 1. The lowest BCUT2D eigenvalue weighted by molar-refractivity contribution is 0.0652. The maximum atomic E-state index is 11.9. The summed E-state index contributed by atoms with van der Waals surface area (Å²) in [6, 6.07) is 9.55. The minimum Gasteiger partial charge on any atom is -0.478 e. The van der Waals surface area contributed by atoms with Crippen LogP contribution in [0.25, 0.3) is 10.9 Å². The third kappa shape index (κ3) is 4.59. The highest BCUT2D eigenvalue weighted by Gasteiger charge is 2.22. The highest BCUT2D eigenvalue weighted by Crippen LogP contribution is 2.38. The molecule has 0 unspecified atom stereocenters. The molecule has 160 valence electrons. The number of anilines is 2. The number of hydrogen-bond acceptors (Lipinski definition) is 7. The zero-order valence-corrected chi connectivity index (χ0v) is 17.7. The number of halogens is 1. The lowest BCUT2D eigenvalue weighted by Gasteiger charge is -2.26. The van der Waals surface area contributed by atoms with Crippen molar-refractivity contribution in [3.8, 4) is 0 Å². The summed E-state index contributed by atoms with van der Waals surface area (Å²) in [5.74, 6) is -2.65. The fourth-order valence-corrected chi connectivity index (χ4v) is 4.46. The summed E-state index contributed by atoms with van der Waals surface area (Å²) in [4.78, 5) is 28.7. The van der Waals surface area contributed by atoms with Crippen LogP contribution in [0, 0.1) is 0 Å². The molecule has 1 saturated heterocycles. The standard InChI is InChI=1S/C21H18ClN3O5S/c22-12-4-5-15-14(10-12)19(17(11-23-15)31-25-6-8-30-9-7-25)24-16-3-1-2-13(20(26)27)18(16)21(28)29/h1-5,10-11H,6-9H2,(H,23,24)(H,26,27)(H,28,29). The van der Waals surface area contributed by atoms with E-state index in [1.807, 2.05) is 0 Å². The SMILES string of the molecule is O=C(O)c1cccc(Nc2c(SN3CCOCC3)cnc3ccc(Cl)cc23)c1C(=O)O. The Bertz CT molecular complexity index is 1170. The Labute approximate surface area is 186 Å². The van der Waals surface area contributed by atoms with Crippen LogP contribution in [0.5, 0.6) is 0 Å². The van der Waals surface area contributed by atoms with E-state index in [2.05, 4.69) is 14.6 Å². The van der Waals surface area contributed by atoms with Gasteiger partial charge in [0.15, 0.2) is 0 Å². The van der Waals surface area contributed by atoms with Gasteiger partial charge < -0.3 is 20.3 Å². The number of hydrogen-bond donors (Lipinski definition) is 3. The average molecular weight is 460 g/mol. The summed E-state index contributed by atoms with van der Waals surface area (Å²) >= 11 is 7.70. The van der Waals surface area contributed by atoms with Crippen molar-refractivity contribution >= 4 is 57.8 Å². The molecule has 10 heteroatoms. The lowest BCUT2D eigenvalue weighted by atomic mass is 10.0. The van der Waals surface area contributed by atoms with E-state index in [4.69, 9.17) is 16.3 Å². The molecule has 0 bridgehead atoms. The van der Waals surface area contributed by atoms with Gasteiger partial charge >= 0.3 is 11.9 Å². The van der Waals surface area contributed by atoms with Crippen LogP contribution in [-0.4, -0.2) is 57.7 Å². The second-order valence-corrected chi connectivity index (χ2v) is 8.33. The van der Waals surface area contributed by atoms with Crippen LogP contribution in [0.2, 0.25) is 5.02 Å². The molecule has 1 aliphatic rings. The molecule has 0 amide bonds. The van der Waals surface area contributed by atoms with Gasteiger partial charge in [0.05, 0.1) is 46.1 Å². The molecule has 0 aliphatic carbocycles. The third-order valence-electron chi connectivity index (χ3n) is 4.76. The van der Waals surface area contributed by atoms with Crippen molar-refractivity contribution < 1.29 is 24.5 Å². The summed E-state index contributed by atoms with van der Waals surface area (Å²) < 4.78 is 7.54. The number of nitrogens with one attached hydrogen (secondary N) is 1.